The lowest BCUT2D eigenvalue weighted by atomic mass is 10.1. The van der Waals surface area contributed by atoms with Crippen LogP contribution in [0, 0.1) is 0 Å². The van der Waals surface area contributed by atoms with E-state index in [2.05, 4.69) is 4.98 Å². The molecule has 0 amide bonds. The lowest BCUT2D eigenvalue weighted by Gasteiger charge is -2.15. The highest BCUT2D eigenvalue weighted by molar-refractivity contribution is 6.34. The molecule has 0 aliphatic carbocycles. The second-order valence-corrected chi connectivity index (χ2v) is 4.48. The Labute approximate surface area is 109 Å². The summed E-state index contributed by atoms with van der Waals surface area (Å²) in [4.78, 5) is 4.13. The molecule has 1 atom stereocenters. The van der Waals surface area contributed by atoms with Crippen LogP contribution in [0.25, 0.3) is 0 Å². The average Bonchev–Trinajstić information content (AvgIpc) is 2.70. The minimum absolute atomic E-state index is 0.102. The van der Waals surface area contributed by atoms with Crippen molar-refractivity contribution in [2.75, 3.05) is 0 Å². The first kappa shape index (κ1) is 12.2. The third kappa shape index (κ3) is 2.11. The van der Waals surface area contributed by atoms with E-state index >= 15 is 0 Å². The summed E-state index contributed by atoms with van der Waals surface area (Å²) in [6, 6.07) is 2.50. The van der Waals surface area contributed by atoms with Gasteiger partial charge in [-0.3, -0.25) is 0 Å². The number of rotatable bonds is 2. The van der Waals surface area contributed by atoms with Crippen molar-refractivity contribution in [3.8, 4) is 5.75 Å². The summed E-state index contributed by atoms with van der Waals surface area (Å²) in [5.74, 6) is 0.499. The van der Waals surface area contributed by atoms with Crippen molar-refractivity contribution in [3.63, 3.8) is 0 Å². The molecule has 0 spiro atoms. The highest BCUT2D eigenvalue weighted by Crippen LogP contribution is 2.37. The number of nitrogens with zero attached hydrogens (tertiary/aromatic N) is 2. The predicted octanol–water partition coefficient (Wildman–Crippen LogP) is 2.48. The van der Waals surface area contributed by atoms with Crippen molar-refractivity contribution in [3.05, 3.63) is 46.0 Å². The van der Waals surface area contributed by atoms with Crippen molar-refractivity contribution in [1.29, 1.82) is 0 Å². The lowest BCUT2D eigenvalue weighted by Crippen LogP contribution is -2.17. The Morgan fingerprint density at radius 1 is 1.35 bits per heavy atom. The number of nitrogens with two attached hydrogens (primary N) is 1. The largest absolute Gasteiger partial charge is 0.506 e. The summed E-state index contributed by atoms with van der Waals surface area (Å²) in [5, 5.41) is 10.5. The van der Waals surface area contributed by atoms with Gasteiger partial charge in [-0.1, -0.05) is 23.2 Å². The molecule has 1 heterocycles. The van der Waals surface area contributed by atoms with E-state index in [0.717, 1.165) is 0 Å². The molecule has 0 saturated heterocycles. The van der Waals surface area contributed by atoms with Crippen LogP contribution in [-0.2, 0) is 7.05 Å². The number of hydrogen-bond acceptors (Lipinski definition) is 3. The topological polar surface area (TPSA) is 64.1 Å². The third-order valence-corrected chi connectivity index (χ3v) is 3.20. The molecule has 3 N–H and O–H groups in total. The van der Waals surface area contributed by atoms with E-state index in [1.807, 2.05) is 7.05 Å². The molecule has 17 heavy (non-hydrogen) atoms. The van der Waals surface area contributed by atoms with Crippen LogP contribution in [0.3, 0.4) is 0 Å². The Bertz CT molecular complexity index is 554. The average molecular weight is 272 g/mol. The Kier molecular flexibility index (Phi) is 3.28. The van der Waals surface area contributed by atoms with Gasteiger partial charge in [0.2, 0.25) is 0 Å². The Balaban J connectivity index is 2.55. The molecule has 0 aliphatic heterocycles. The van der Waals surface area contributed by atoms with Gasteiger partial charge < -0.3 is 15.4 Å². The van der Waals surface area contributed by atoms with Gasteiger partial charge in [0.15, 0.2) is 0 Å². The molecule has 0 saturated carbocycles. The van der Waals surface area contributed by atoms with E-state index in [0.29, 0.717) is 16.4 Å². The summed E-state index contributed by atoms with van der Waals surface area (Å²) in [7, 11) is 1.82. The maximum absolute atomic E-state index is 9.91. The Morgan fingerprint density at radius 3 is 2.59 bits per heavy atom. The Morgan fingerprint density at radius 2 is 2.00 bits per heavy atom. The third-order valence-electron chi connectivity index (χ3n) is 2.56. The predicted molar refractivity (Wildman–Crippen MR) is 67.4 cm³/mol. The number of halogens is 2. The Hall–Kier alpha value is -1.23. The summed E-state index contributed by atoms with van der Waals surface area (Å²) in [6.45, 7) is 0. The van der Waals surface area contributed by atoms with Gasteiger partial charge in [0.1, 0.15) is 11.6 Å². The highest BCUT2D eigenvalue weighted by Gasteiger charge is 2.21. The van der Waals surface area contributed by atoms with Crippen molar-refractivity contribution in [1.82, 2.24) is 9.55 Å². The van der Waals surface area contributed by atoms with Crippen LogP contribution >= 0.6 is 23.2 Å². The molecule has 0 aliphatic rings. The van der Waals surface area contributed by atoms with Crippen molar-refractivity contribution >= 4 is 23.2 Å². The van der Waals surface area contributed by atoms with E-state index < -0.39 is 6.04 Å². The zero-order valence-electron chi connectivity index (χ0n) is 9.06. The van der Waals surface area contributed by atoms with Crippen molar-refractivity contribution < 1.29 is 5.11 Å². The molecule has 0 fully saturated rings. The second-order valence-electron chi connectivity index (χ2n) is 3.67. The minimum Gasteiger partial charge on any atom is -0.506 e. The molecular formula is C11H11Cl2N3O. The quantitative estimate of drug-likeness (QED) is 0.882. The molecule has 4 nitrogen and oxygen atoms in total. The highest BCUT2D eigenvalue weighted by atomic mass is 35.5. The molecule has 0 bridgehead atoms. The maximum atomic E-state index is 9.91. The van der Waals surface area contributed by atoms with Crippen molar-refractivity contribution in [2.24, 2.45) is 12.8 Å². The fourth-order valence-electron chi connectivity index (χ4n) is 1.66. The van der Waals surface area contributed by atoms with Gasteiger partial charge in [0.25, 0.3) is 0 Å². The second kappa shape index (κ2) is 4.56. The zero-order valence-corrected chi connectivity index (χ0v) is 10.6. The number of benzene rings is 1. The van der Waals surface area contributed by atoms with Crippen LogP contribution in [0.1, 0.15) is 17.4 Å². The minimum atomic E-state index is -0.624. The normalized spacial score (nSPS) is 12.7. The van der Waals surface area contributed by atoms with Crippen molar-refractivity contribution in [2.45, 2.75) is 6.04 Å². The number of aryl methyl sites for hydroxylation is 1. The van der Waals surface area contributed by atoms with Gasteiger partial charge in [-0.15, -0.1) is 0 Å². The van der Waals surface area contributed by atoms with Crippen LogP contribution in [-0.4, -0.2) is 14.7 Å². The summed E-state index contributed by atoms with van der Waals surface area (Å²) in [5.41, 5.74) is 6.43. The fourth-order valence-corrected chi connectivity index (χ4v) is 2.09. The zero-order chi connectivity index (χ0) is 12.6. The van der Waals surface area contributed by atoms with Crippen LogP contribution < -0.4 is 5.73 Å². The van der Waals surface area contributed by atoms with E-state index in [1.54, 1.807) is 23.0 Å². The summed E-state index contributed by atoms with van der Waals surface area (Å²) in [6.07, 6.45) is 3.40. The molecule has 2 aromatic rings. The van der Waals surface area contributed by atoms with Crippen LogP contribution in [0.5, 0.6) is 5.75 Å². The number of hydrogen-bond donors (Lipinski definition) is 2. The first-order valence-corrected chi connectivity index (χ1v) is 5.67. The van der Waals surface area contributed by atoms with E-state index in [9.17, 15) is 5.11 Å². The van der Waals surface area contributed by atoms with Gasteiger partial charge in [-0.25, -0.2) is 4.98 Å². The van der Waals surface area contributed by atoms with Gasteiger partial charge in [-0.05, 0) is 12.1 Å². The smallest absolute Gasteiger partial charge is 0.140 e. The van der Waals surface area contributed by atoms with Gasteiger partial charge in [0, 0.05) is 30.0 Å². The van der Waals surface area contributed by atoms with E-state index in [1.165, 1.54) is 6.07 Å². The molecule has 2 rings (SSSR count). The first-order valence-electron chi connectivity index (χ1n) is 4.92. The number of phenols is 1. The number of aromatic nitrogens is 2. The summed E-state index contributed by atoms with van der Waals surface area (Å²) < 4.78 is 1.77. The van der Waals surface area contributed by atoms with Crippen LogP contribution in [0.15, 0.2) is 24.5 Å². The van der Waals surface area contributed by atoms with E-state index in [-0.39, 0.29) is 10.8 Å². The maximum Gasteiger partial charge on any atom is 0.140 e. The molecule has 1 unspecified atom stereocenters. The summed E-state index contributed by atoms with van der Waals surface area (Å²) >= 11 is 11.9. The van der Waals surface area contributed by atoms with Gasteiger partial charge >= 0.3 is 0 Å². The monoisotopic (exact) mass is 271 g/mol. The SMILES string of the molecule is Cn1ccnc1C(N)c1c(Cl)ccc(Cl)c1O. The van der Waals surface area contributed by atoms with Crippen LogP contribution in [0.4, 0.5) is 0 Å². The molecule has 6 heteroatoms. The molecule has 0 radical (unpaired) electrons. The molecule has 1 aromatic carbocycles. The standard InChI is InChI=1S/C11H11Cl2N3O/c1-16-5-4-15-11(16)9(14)8-6(12)2-3-7(13)10(8)17/h2-5,9,17H,14H2,1H3. The lowest BCUT2D eigenvalue weighted by molar-refractivity contribution is 0.464. The first-order chi connectivity index (χ1) is 8.02. The van der Waals surface area contributed by atoms with E-state index in [4.69, 9.17) is 28.9 Å². The van der Waals surface area contributed by atoms with Crippen LogP contribution in [0.2, 0.25) is 10.0 Å². The number of imidazole rings is 1. The fraction of sp³-hybridized carbons (Fsp3) is 0.182. The molecular weight excluding hydrogens is 261 g/mol. The number of aromatic hydroxyl groups is 1. The molecule has 90 valence electrons. The number of phenolic OH excluding ortho intramolecular Hbond substituents is 1. The van der Waals surface area contributed by atoms with Gasteiger partial charge in [0.05, 0.1) is 11.1 Å². The molecule has 1 aromatic heterocycles. The van der Waals surface area contributed by atoms with Gasteiger partial charge in [-0.2, -0.15) is 0 Å².